The standard InChI is InChI=1S/C23H25N3O2S/c1-2-28-20-12-10-17(11-13-20)15-21-22(27)26(19-8-4-3-5-9-19)23(29-21)25-18-7-6-14-24-16-18/h6-7,10-16,19H,2-5,8-9H2,1H3/b21-15-,25-23?. The molecule has 2 aliphatic rings. The molecule has 6 heteroatoms. The van der Waals surface area contributed by atoms with Crippen molar-refractivity contribution in [1.29, 1.82) is 0 Å². The highest BCUT2D eigenvalue weighted by Gasteiger charge is 2.38. The number of pyridine rings is 1. The number of nitrogens with zero attached hydrogens (tertiary/aromatic N) is 3. The predicted molar refractivity (Wildman–Crippen MR) is 118 cm³/mol. The fourth-order valence-electron chi connectivity index (χ4n) is 3.73. The summed E-state index contributed by atoms with van der Waals surface area (Å²) < 4.78 is 5.51. The number of rotatable bonds is 5. The van der Waals surface area contributed by atoms with Gasteiger partial charge in [0.1, 0.15) is 5.75 Å². The summed E-state index contributed by atoms with van der Waals surface area (Å²) in [6.45, 7) is 2.60. The first-order valence-electron chi connectivity index (χ1n) is 10.2. The molecule has 1 saturated carbocycles. The second-order valence-electron chi connectivity index (χ2n) is 7.19. The molecule has 2 fully saturated rings. The Morgan fingerprint density at radius 2 is 2.00 bits per heavy atom. The van der Waals surface area contributed by atoms with Gasteiger partial charge in [-0.05, 0) is 67.4 Å². The summed E-state index contributed by atoms with van der Waals surface area (Å²) >= 11 is 1.45. The third kappa shape index (κ3) is 4.70. The van der Waals surface area contributed by atoms with Crippen LogP contribution in [0.15, 0.2) is 58.7 Å². The van der Waals surface area contributed by atoms with Crippen LogP contribution in [0.4, 0.5) is 5.69 Å². The van der Waals surface area contributed by atoms with Crippen LogP contribution >= 0.6 is 11.8 Å². The minimum Gasteiger partial charge on any atom is -0.494 e. The van der Waals surface area contributed by atoms with E-state index in [1.807, 2.05) is 54.3 Å². The van der Waals surface area contributed by atoms with Gasteiger partial charge in [0.2, 0.25) is 0 Å². The maximum Gasteiger partial charge on any atom is 0.267 e. The maximum atomic E-state index is 13.3. The van der Waals surface area contributed by atoms with Crippen molar-refractivity contribution in [2.45, 2.75) is 45.1 Å². The van der Waals surface area contributed by atoms with Gasteiger partial charge in [0.05, 0.1) is 23.4 Å². The van der Waals surface area contributed by atoms with Crippen LogP contribution in [0.25, 0.3) is 6.08 Å². The number of benzene rings is 1. The van der Waals surface area contributed by atoms with Crippen LogP contribution in [0.5, 0.6) is 5.75 Å². The van der Waals surface area contributed by atoms with Crippen LogP contribution in [0.2, 0.25) is 0 Å². The van der Waals surface area contributed by atoms with Crippen LogP contribution < -0.4 is 4.74 Å². The van der Waals surface area contributed by atoms with Gasteiger partial charge in [0.15, 0.2) is 5.17 Å². The molecule has 5 nitrogen and oxygen atoms in total. The van der Waals surface area contributed by atoms with Gasteiger partial charge in [-0.25, -0.2) is 4.99 Å². The number of carbonyl (C=O) groups is 1. The smallest absolute Gasteiger partial charge is 0.267 e. The Morgan fingerprint density at radius 1 is 1.21 bits per heavy atom. The monoisotopic (exact) mass is 407 g/mol. The van der Waals surface area contributed by atoms with Crippen molar-refractivity contribution in [3.63, 3.8) is 0 Å². The first-order valence-corrected chi connectivity index (χ1v) is 11.0. The second-order valence-corrected chi connectivity index (χ2v) is 8.19. The summed E-state index contributed by atoms with van der Waals surface area (Å²) in [4.78, 5) is 24.8. The topological polar surface area (TPSA) is 54.8 Å². The molecular weight excluding hydrogens is 382 g/mol. The molecule has 1 aromatic carbocycles. The average molecular weight is 408 g/mol. The van der Waals surface area contributed by atoms with Crippen molar-refractivity contribution in [2.75, 3.05) is 6.61 Å². The zero-order valence-corrected chi connectivity index (χ0v) is 17.4. The fourth-order valence-corrected chi connectivity index (χ4v) is 4.79. The van der Waals surface area contributed by atoms with E-state index >= 15 is 0 Å². The summed E-state index contributed by atoms with van der Waals surface area (Å²) in [5.41, 5.74) is 1.75. The molecule has 1 aliphatic carbocycles. The Morgan fingerprint density at radius 3 is 2.69 bits per heavy atom. The molecule has 1 aromatic heterocycles. The lowest BCUT2D eigenvalue weighted by Gasteiger charge is -2.30. The van der Waals surface area contributed by atoms with Gasteiger partial charge < -0.3 is 4.74 Å². The van der Waals surface area contributed by atoms with Crippen molar-refractivity contribution in [2.24, 2.45) is 4.99 Å². The van der Waals surface area contributed by atoms with Gasteiger partial charge in [-0.1, -0.05) is 31.4 Å². The van der Waals surface area contributed by atoms with Gasteiger partial charge in [-0.15, -0.1) is 0 Å². The minimum atomic E-state index is 0.0541. The molecule has 29 heavy (non-hydrogen) atoms. The molecule has 2 aromatic rings. The lowest BCUT2D eigenvalue weighted by Crippen LogP contribution is -2.40. The Balaban J connectivity index is 1.63. The molecule has 4 rings (SSSR count). The van der Waals surface area contributed by atoms with E-state index in [2.05, 4.69) is 4.98 Å². The van der Waals surface area contributed by atoms with Crippen LogP contribution in [0.3, 0.4) is 0 Å². The Hall–Kier alpha value is -2.60. The number of aromatic nitrogens is 1. The molecule has 2 heterocycles. The van der Waals surface area contributed by atoms with Crippen molar-refractivity contribution in [3.8, 4) is 5.75 Å². The minimum absolute atomic E-state index is 0.0541. The second kappa shape index (κ2) is 9.27. The summed E-state index contributed by atoms with van der Waals surface area (Å²) in [5.74, 6) is 0.890. The van der Waals surface area contributed by atoms with E-state index in [9.17, 15) is 4.79 Å². The highest BCUT2D eigenvalue weighted by Crippen LogP contribution is 2.38. The van der Waals surface area contributed by atoms with E-state index in [1.54, 1.807) is 12.4 Å². The van der Waals surface area contributed by atoms with Gasteiger partial charge in [0.25, 0.3) is 5.91 Å². The van der Waals surface area contributed by atoms with Crippen LogP contribution in [0.1, 0.15) is 44.6 Å². The van der Waals surface area contributed by atoms with Crippen LogP contribution in [0, 0.1) is 0 Å². The summed E-state index contributed by atoms with van der Waals surface area (Å²) in [5, 5.41) is 0.757. The molecule has 0 atom stereocenters. The number of ether oxygens (including phenoxy) is 1. The zero-order chi connectivity index (χ0) is 20.1. The molecule has 0 spiro atoms. The Labute approximate surface area is 175 Å². The third-order valence-corrected chi connectivity index (χ3v) is 6.12. The van der Waals surface area contributed by atoms with E-state index in [-0.39, 0.29) is 11.9 Å². The quantitative estimate of drug-likeness (QED) is 0.621. The highest BCUT2D eigenvalue weighted by atomic mass is 32.2. The first kappa shape index (κ1) is 19.7. The molecule has 0 bridgehead atoms. The van der Waals surface area contributed by atoms with Crippen LogP contribution in [-0.4, -0.2) is 33.6 Å². The Kier molecular flexibility index (Phi) is 6.30. The molecule has 150 valence electrons. The fraction of sp³-hybridized carbons (Fsp3) is 0.348. The molecular formula is C23H25N3O2S. The molecule has 0 unspecified atom stereocenters. The first-order chi connectivity index (χ1) is 14.2. The van der Waals surface area contributed by atoms with E-state index in [4.69, 9.17) is 9.73 Å². The van der Waals surface area contributed by atoms with Crippen molar-refractivity contribution < 1.29 is 9.53 Å². The zero-order valence-electron chi connectivity index (χ0n) is 16.6. The SMILES string of the molecule is CCOc1ccc(/C=C2\SC(=Nc3cccnc3)N(C3CCCCC3)C2=O)cc1. The molecule has 1 aliphatic heterocycles. The number of aliphatic imine (C=N–C) groups is 1. The number of amidine groups is 1. The van der Waals surface area contributed by atoms with Gasteiger partial charge in [-0.3, -0.25) is 14.7 Å². The van der Waals surface area contributed by atoms with Gasteiger partial charge >= 0.3 is 0 Å². The van der Waals surface area contributed by atoms with Crippen molar-refractivity contribution in [3.05, 3.63) is 59.3 Å². The van der Waals surface area contributed by atoms with E-state index in [0.717, 1.165) is 47.9 Å². The van der Waals surface area contributed by atoms with E-state index < -0.39 is 0 Å². The number of thioether (sulfide) groups is 1. The summed E-state index contributed by atoms with van der Waals surface area (Å²) in [6.07, 6.45) is 11.1. The number of carbonyl (C=O) groups excluding carboxylic acids is 1. The molecule has 0 radical (unpaired) electrons. The number of hydrogen-bond donors (Lipinski definition) is 0. The lowest BCUT2D eigenvalue weighted by molar-refractivity contribution is -0.124. The third-order valence-electron chi connectivity index (χ3n) is 5.14. The molecule has 1 saturated heterocycles. The van der Waals surface area contributed by atoms with Gasteiger partial charge in [0, 0.05) is 12.2 Å². The maximum absolute atomic E-state index is 13.3. The van der Waals surface area contributed by atoms with Crippen LogP contribution in [-0.2, 0) is 4.79 Å². The normalized spacial score (nSPS) is 20.6. The van der Waals surface area contributed by atoms with Crippen molar-refractivity contribution >= 4 is 34.6 Å². The van der Waals surface area contributed by atoms with Crippen molar-refractivity contribution in [1.82, 2.24) is 9.88 Å². The van der Waals surface area contributed by atoms with E-state index in [0.29, 0.717) is 11.5 Å². The number of hydrogen-bond acceptors (Lipinski definition) is 5. The number of amides is 1. The molecule has 0 N–H and O–H groups in total. The largest absolute Gasteiger partial charge is 0.494 e. The predicted octanol–water partition coefficient (Wildman–Crippen LogP) is 5.42. The highest BCUT2D eigenvalue weighted by molar-refractivity contribution is 8.18. The average Bonchev–Trinajstić information content (AvgIpc) is 3.05. The lowest BCUT2D eigenvalue weighted by atomic mass is 9.94. The molecule has 1 amide bonds. The van der Waals surface area contributed by atoms with E-state index in [1.165, 1.54) is 18.2 Å². The summed E-state index contributed by atoms with van der Waals surface area (Å²) in [6, 6.07) is 11.8. The Bertz CT molecular complexity index is 903. The summed E-state index contributed by atoms with van der Waals surface area (Å²) in [7, 11) is 0. The van der Waals surface area contributed by atoms with Gasteiger partial charge in [-0.2, -0.15) is 0 Å².